The molecule has 0 aromatic heterocycles. The third-order valence-electron chi connectivity index (χ3n) is 4.56. The molecule has 0 bridgehead atoms. The quantitative estimate of drug-likeness (QED) is 0.606. The molecule has 0 aromatic rings. The summed E-state index contributed by atoms with van der Waals surface area (Å²) in [7, 11) is 0. The molecule has 0 spiro atoms. The Morgan fingerprint density at radius 1 is 0.923 bits per heavy atom. The molecular weight excluding hydrogens is 263 g/mol. The zero-order chi connectivity index (χ0) is 10.1. The van der Waals surface area contributed by atoms with Gasteiger partial charge in [0.05, 0.1) is 0 Å². The van der Waals surface area contributed by atoms with Crippen molar-refractivity contribution in [1.29, 1.82) is 0 Å². The molecule has 1 rings (SSSR count). The third-order valence-corrected chi connectivity index (χ3v) is 23.1. The van der Waals surface area contributed by atoms with Gasteiger partial charge in [0.15, 0.2) is 0 Å². The number of rotatable bonds is 1. The van der Waals surface area contributed by atoms with Gasteiger partial charge in [-0.3, -0.25) is 0 Å². The first-order chi connectivity index (χ1) is 5.86. The van der Waals surface area contributed by atoms with E-state index in [0.29, 0.717) is 3.43 Å². The van der Waals surface area contributed by atoms with E-state index < -0.39 is 18.4 Å². The molecule has 0 N–H and O–H groups in total. The second-order valence-electron chi connectivity index (χ2n) is 6.31. The monoisotopic (exact) mass is 290 g/mol. The topological polar surface area (TPSA) is 0 Å². The molecule has 0 heterocycles. The molecule has 1 heteroatoms. The Morgan fingerprint density at radius 2 is 1.38 bits per heavy atom. The first kappa shape index (κ1) is 11.9. The van der Waals surface area contributed by atoms with Gasteiger partial charge in [-0.2, -0.15) is 0 Å². The molecule has 0 atom stereocenters. The summed E-state index contributed by atoms with van der Waals surface area (Å²) >= 11 is -1.78. The molecule has 78 valence electrons. The Labute approximate surface area is 88.4 Å². The van der Waals surface area contributed by atoms with Crippen LogP contribution in [0.1, 0.15) is 52.9 Å². The summed E-state index contributed by atoms with van der Waals surface area (Å²) in [6, 6.07) is 0. The summed E-state index contributed by atoms with van der Waals surface area (Å²) in [6.45, 7) is 7.45. The molecule has 0 aliphatic heterocycles. The van der Waals surface area contributed by atoms with Gasteiger partial charge in [-0.05, 0) is 0 Å². The summed E-state index contributed by atoms with van der Waals surface area (Å²) < 4.78 is 1.83. The first-order valence-corrected chi connectivity index (χ1v) is 14.6. The van der Waals surface area contributed by atoms with Gasteiger partial charge in [0.2, 0.25) is 0 Å². The average molecular weight is 289 g/mol. The molecule has 0 nitrogen and oxygen atoms in total. The summed E-state index contributed by atoms with van der Waals surface area (Å²) in [4.78, 5) is 5.34. The molecule has 1 saturated carbocycles. The maximum atomic E-state index is 2.67. The summed E-state index contributed by atoms with van der Waals surface area (Å²) in [5.41, 5.74) is 0. The second-order valence-corrected chi connectivity index (χ2v) is 22.7. The minimum absolute atomic E-state index is 0.663. The van der Waals surface area contributed by atoms with E-state index in [9.17, 15) is 0 Å². The first-order valence-electron chi connectivity index (χ1n) is 5.86. The van der Waals surface area contributed by atoms with Crippen LogP contribution in [0.25, 0.3) is 0 Å². The van der Waals surface area contributed by atoms with E-state index in [1.807, 2.05) is 0 Å². The van der Waals surface area contributed by atoms with E-state index in [4.69, 9.17) is 0 Å². The van der Waals surface area contributed by atoms with Crippen LogP contribution < -0.4 is 0 Å². The normalized spacial score (nSPS) is 21.9. The van der Waals surface area contributed by atoms with E-state index in [2.05, 4.69) is 30.7 Å². The van der Waals surface area contributed by atoms with Crippen molar-refractivity contribution in [2.45, 2.75) is 70.1 Å². The van der Waals surface area contributed by atoms with E-state index >= 15 is 0 Å². The molecule has 0 saturated heterocycles. The van der Waals surface area contributed by atoms with Gasteiger partial charge in [-0.25, -0.2) is 0 Å². The van der Waals surface area contributed by atoms with Crippen LogP contribution in [0, 0.1) is 0 Å². The summed E-state index contributed by atoms with van der Waals surface area (Å²) in [5, 5.41) is 0. The molecular formula is C12H26Sn. The number of hydrogen-bond donors (Lipinski definition) is 0. The average Bonchev–Trinajstić information content (AvgIpc) is 2.04. The van der Waals surface area contributed by atoms with Crippen molar-refractivity contribution >= 4 is 18.4 Å². The standard InChI is InChI=1S/C6H11.C4H9.2CH3.Sn/c1-2-4-6-5-3-1;1-4(2)3;;;/h1H,2-6H2;1-3H3;2*1H3;. The van der Waals surface area contributed by atoms with E-state index in [1.165, 1.54) is 23.2 Å². The molecule has 13 heavy (non-hydrogen) atoms. The van der Waals surface area contributed by atoms with Crippen LogP contribution in [0.5, 0.6) is 0 Å². The fourth-order valence-electron chi connectivity index (χ4n) is 2.44. The van der Waals surface area contributed by atoms with Crippen LogP contribution in [0.4, 0.5) is 0 Å². The van der Waals surface area contributed by atoms with Gasteiger partial charge < -0.3 is 0 Å². The van der Waals surface area contributed by atoms with Gasteiger partial charge in [0, 0.05) is 0 Å². The van der Waals surface area contributed by atoms with Gasteiger partial charge in [0.25, 0.3) is 0 Å². The zero-order valence-corrected chi connectivity index (χ0v) is 13.0. The second kappa shape index (κ2) is 4.12. The van der Waals surface area contributed by atoms with Gasteiger partial charge in [0.1, 0.15) is 0 Å². The molecule has 1 fully saturated rings. The third kappa shape index (κ3) is 2.64. The molecule has 0 amide bonds. The Hall–Kier alpha value is 0.799. The Bertz CT molecular complexity index is 158. The molecule has 0 unspecified atom stereocenters. The molecule has 1 aliphatic rings. The maximum absolute atomic E-state index is 2.67. The predicted octanol–water partition coefficient (Wildman–Crippen LogP) is 4.83. The Balaban J connectivity index is 2.67. The van der Waals surface area contributed by atoms with Crippen LogP contribution in [0.15, 0.2) is 0 Å². The van der Waals surface area contributed by atoms with Crippen molar-refractivity contribution in [3.63, 3.8) is 0 Å². The van der Waals surface area contributed by atoms with Crippen LogP contribution in [-0.2, 0) is 0 Å². The molecule has 0 radical (unpaired) electrons. The minimum atomic E-state index is -1.78. The molecule has 1 aliphatic carbocycles. The molecule has 0 aromatic carbocycles. The van der Waals surface area contributed by atoms with Crippen molar-refractivity contribution in [2.24, 2.45) is 0 Å². The summed E-state index contributed by atoms with van der Waals surface area (Å²) in [5.74, 6) is 0. The predicted molar refractivity (Wildman–Crippen MR) is 64.0 cm³/mol. The van der Waals surface area contributed by atoms with Crippen molar-refractivity contribution in [1.82, 2.24) is 0 Å². The van der Waals surface area contributed by atoms with Crippen molar-refractivity contribution in [3.8, 4) is 0 Å². The van der Waals surface area contributed by atoms with Gasteiger partial charge in [-0.15, -0.1) is 0 Å². The Kier molecular flexibility index (Phi) is 3.76. The van der Waals surface area contributed by atoms with Crippen molar-refractivity contribution in [2.75, 3.05) is 0 Å². The van der Waals surface area contributed by atoms with Crippen LogP contribution in [-0.4, -0.2) is 18.4 Å². The zero-order valence-electron chi connectivity index (χ0n) is 10.1. The van der Waals surface area contributed by atoms with Gasteiger partial charge >= 0.3 is 88.5 Å². The fourth-order valence-corrected chi connectivity index (χ4v) is 11.2. The van der Waals surface area contributed by atoms with Crippen LogP contribution in [0.3, 0.4) is 0 Å². The van der Waals surface area contributed by atoms with Gasteiger partial charge in [-0.1, -0.05) is 0 Å². The van der Waals surface area contributed by atoms with Crippen molar-refractivity contribution in [3.05, 3.63) is 0 Å². The van der Waals surface area contributed by atoms with E-state index in [0.717, 1.165) is 0 Å². The van der Waals surface area contributed by atoms with Crippen LogP contribution in [0.2, 0.25) is 17.2 Å². The SMILES string of the molecule is C[C](C)(C)[Sn]([CH3])([CH3])[CH]1CCCCC1. The van der Waals surface area contributed by atoms with Crippen molar-refractivity contribution < 1.29 is 0 Å². The summed E-state index contributed by atoms with van der Waals surface area (Å²) in [6.07, 6.45) is 7.64. The number of hydrogen-bond acceptors (Lipinski definition) is 0. The van der Waals surface area contributed by atoms with Crippen LogP contribution >= 0.6 is 0 Å². The van der Waals surface area contributed by atoms with E-state index in [-0.39, 0.29) is 0 Å². The van der Waals surface area contributed by atoms with E-state index in [1.54, 1.807) is 12.8 Å². The fraction of sp³-hybridized carbons (Fsp3) is 1.00. The Morgan fingerprint density at radius 3 is 1.77 bits per heavy atom.